The van der Waals surface area contributed by atoms with E-state index in [0.717, 1.165) is 17.1 Å². The molecule has 7 heteroatoms. The van der Waals surface area contributed by atoms with Gasteiger partial charge in [0.05, 0.1) is 4.90 Å². The predicted octanol–water partition coefficient (Wildman–Crippen LogP) is 2.80. The van der Waals surface area contributed by atoms with Crippen molar-refractivity contribution in [1.29, 1.82) is 0 Å². The van der Waals surface area contributed by atoms with Crippen molar-refractivity contribution in [2.75, 3.05) is 6.54 Å². The van der Waals surface area contributed by atoms with Gasteiger partial charge in [-0.25, -0.2) is 22.5 Å². The van der Waals surface area contributed by atoms with E-state index in [4.69, 9.17) is 4.42 Å². The van der Waals surface area contributed by atoms with E-state index in [1.165, 1.54) is 25.5 Å². The third kappa shape index (κ3) is 3.40. The minimum Gasteiger partial charge on any atom is -0.443 e. The molecule has 2 aromatic carbocycles. The zero-order valence-corrected chi connectivity index (χ0v) is 13.2. The molecule has 0 atom stereocenters. The first kappa shape index (κ1) is 15.6. The summed E-state index contributed by atoms with van der Waals surface area (Å²) in [5.74, 6) is -0.426. The molecule has 0 saturated heterocycles. The molecule has 0 aliphatic carbocycles. The first-order chi connectivity index (χ1) is 11.0. The first-order valence-corrected chi connectivity index (χ1v) is 8.52. The number of hydrogen-bond acceptors (Lipinski definition) is 4. The predicted molar refractivity (Wildman–Crippen MR) is 84.0 cm³/mol. The van der Waals surface area contributed by atoms with Crippen molar-refractivity contribution in [3.8, 4) is 0 Å². The van der Waals surface area contributed by atoms with Crippen molar-refractivity contribution in [1.82, 2.24) is 9.71 Å². The van der Waals surface area contributed by atoms with Crippen molar-refractivity contribution in [2.24, 2.45) is 0 Å². The average molecular weight is 334 g/mol. The largest absolute Gasteiger partial charge is 0.443 e. The number of nitrogens with zero attached hydrogens (tertiary/aromatic N) is 1. The second kappa shape index (κ2) is 6.10. The fourth-order valence-corrected chi connectivity index (χ4v) is 3.37. The van der Waals surface area contributed by atoms with E-state index in [0.29, 0.717) is 17.6 Å². The van der Waals surface area contributed by atoms with Crippen molar-refractivity contribution in [2.45, 2.75) is 18.2 Å². The van der Waals surface area contributed by atoms with Crippen molar-refractivity contribution in [3.63, 3.8) is 0 Å². The highest BCUT2D eigenvalue weighted by atomic mass is 32.2. The third-order valence-corrected chi connectivity index (χ3v) is 5.00. The summed E-state index contributed by atoms with van der Waals surface area (Å²) in [6, 6.07) is 9.25. The van der Waals surface area contributed by atoms with Gasteiger partial charge in [0, 0.05) is 6.54 Å². The smallest absolute Gasteiger partial charge is 0.240 e. The van der Waals surface area contributed by atoms with Gasteiger partial charge in [-0.3, -0.25) is 0 Å². The van der Waals surface area contributed by atoms with Crippen LogP contribution in [0.25, 0.3) is 11.1 Å². The van der Waals surface area contributed by atoms with E-state index in [1.807, 2.05) is 12.1 Å². The molecule has 1 aromatic heterocycles. The summed E-state index contributed by atoms with van der Waals surface area (Å²) < 4.78 is 45.3. The molecule has 3 aromatic rings. The zero-order chi connectivity index (χ0) is 16.4. The molecule has 0 spiro atoms. The van der Waals surface area contributed by atoms with Crippen LogP contribution in [0.2, 0.25) is 0 Å². The lowest BCUT2D eigenvalue weighted by molar-refractivity contribution is 0.580. The lowest BCUT2D eigenvalue weighted by Crippen LogP contribution is -2.26. The number of nitrogens with one attached hydrogen (secondary N) is 1. The van der Waals surface area contributed by atoms with Crippen LogP contribution >= 0.6 is 0 Å². The van der Waals surface area contributed by atoms with Gasteiger partial charge in [-0.15, -0.1) is 0 Å². The molecule has 3 rings (SSSR count). The molecule has 1 heterocycles. The van der Waals surface area contributed by atoms with Crippen LogP contribution < -0.4 is 4.72 Å². The number of fused-ring (bicyclic) bond motifs is 1. The molecule has 0 bridgehead atoms. The number of oxazole rings is 1. The Morgan fingerprint density at radius 2 is 2.04 bits per heavy atom. The first-order valence-electron chi connectivity index (χ1n) is 7.04. The van der Waals surface area contributed by atoms with Gasteiger partial charge >= 0.3 is 0 Å². The normalized spacial score (nSPS) is 11.9. The minimum absolute atomic E-state index is 0.0587. The van der Waals surface area contributed by atoms with Crippen LogP contribution in [0.15, 0.2) is 52.1 Å². The highest BCUT2D eigenvalue weighted by molar-refractivity contribution is 7.89. The van der Waals surface area contributed by atoms with E-state index in [2.05, 4.69) is 9.71 Å². The Kier molecular flexibility index (Phi) is 4.14. The van der Waals surface area contributed by atoms with Crippen LogP contribution in [0, 0.1) is 12.7 Å². The maximum absolute atomic E-state index is 13.2. The van der Waals surface area contributed by atoms with Gasteiger partial charge in [-0.1, -0.05) is 6.07 Å². The molecule has 0 radical (unpaired) electrons. The third-order valence-electron chi connectivity index (χ3n) is 3.54. The standard InChI is InChI=1S/C16H15FN2O3S/c1-11-8-13(3-4-14(11)17)23(20,21)19-7-6-12-2-5-16-15(9-12)18-10-22-16/h2-5,8-10,19H,6-7H2,1H3. The van der Waals surface area contributed by atoms with E-state index in [9.17, 15) is 12.8 Å². The van der Waals surface area contributed by atoms with Gasteiger partial charge in [0.1, 0.15) is 11.3 Å². The fraction of sp³-hybridized carbons (Fsp3) is 0.188. The molecule has 0 amide bonds. The summed E-state index contributed by atoms with van der Waals surface area (Å²) in [6.07, 6.45) is 1.89. The average Bonchev–Trinajstić information content (AvgIpc) is 2.97. The van der Waals surface area contributed by atoms with Gasteiger partial charge < -0.3 is 4.42 Å². The van der Waals surface area contributed by atoms with Crippen molar-refractivity contribution >= 4 is 21.1 Å². The topological polar surface area (TPSA) is 72.2 Å². The summed E-state index contributed by atoms with van der Waals surface area (Å²) in [6.45, 7) is 1.77. The molecule has 1 N–H and O–H groups in total. The molecule has 0 saturated carbocycles. The van der Waals surface area contributed by atoms with Crippen LogP contribution in [-0.2, 0) is 16.4 Å². The molecule has 5 nitrogen and oxygen atoms in total. The SMILES string of the molecule is Cc1cc(S(=O)(=O)NCCc2ccc3ocnc3c2)ccc1F. The Hall–Kier alpha value is -2.25. The summed E-state index contributed by atoms with van der Waals surface area (Å²) in [4.78, 5) is 4.12. The monoisotopic (exact) mass is 334 g/mol. The Morgan fingerprint density at radius 1 is 1.22 bits per heavy atom. The maximum Gasteiger partial charge on any atom is 0.240 e. The van der Waals surface area contributed by atoms with Crippen LogP contribution in [0.3, 0.4) is 0 Å². The van der Waals surface area contributed by atoms with E-state index >= 15 is 0 Å². The van der Waals surface area contributed by atoms with Crippen LogP contribution in [0.4, 0.5) is 4.39 Å². The molecule has 120 valence electrons. The second-order valence-corrected chi connectivity index (χ2v) is 6.98. The van der Waals surface area contributed by atoms with Crippen molar-refractivity contribution < 1.29 is 17.2 Å². The Morgan fingerprint density at radius 3 is 2.83 bits per heavy atom. The summed E-state index contributed by atoms with van der Waals surface area (Å²) in [5.41, 5.74) is 2.67. The molecule has 0 aliphatic heterocycles. The van der Waals surface area contributed by atoms with Gasteiger partial charge in [0.15, 0.2) is 12.0 Å². The number of sulfonamides is 1. The van der Waals surface area contributed by atoms with Crippen LogP contribution in [0.5, 0.6) is 0 Å². The second-order valence-electron chi connectivity index (χ2n) is 5.21. The number of aryl methyl sites for hydroxylation is 1. The zero-order valence-electron chi connectivity index (χ0n) is 12.4. The number of aromatic nitrogens is 1. The summed E-state index contributed by atoms with van der Waals surface area (Å²) >= 11 is 0. The Labute approximate surface area is 133 Å². The molecular weight excluding hydrogens is 319 g/mol. The summed E-state index contributed by atoms with van der Waals surface area (Å²) in [5, 5.41) is 0. The van der Waals surface area contributed by atoms with Gasteiger partial charge in [0.2, 0.25) is 10.0 Å². The lowest BCUT2D eigenvalue weighted by atomic mass is 10.1. The van der Waals surface area contributed by atoms with E-state index < -0.39 is 15.8 Å². The van der Waals surface area contributed by atoms with Gasteiger partial charge in [0.25, 0.3) is 0 Å². The molecule has 23 heavy (non-hydrogen) atoms. The number of hydrogen-bond donors (Lipinski definition) is 1. The summed E-state index contributed by atoms with van der Waals surface area (Å²) in [7, 11) is -3.65. The maximum atomic E-state index is 13.2. The van der Waals surface area contributed by atoms with Crippen molar-refractivity contribution in [3.05, 3.63) is 59.7 Å². The highest BCUT2D eigenvalue weighted by Crippen LogP contribution is 2.16. The molecule has 0 aliphatic rings. The van der Waals surface area contributed by atoms with Gasteiger partial charge in [-0.2, -0.15) is 0 Å². The fourth-order valence-electron chi connectivity index (χ4n) is 2.26. The molecule has 0 unspecified atom stereocenters. The van der Waals surface area contributed by atoms with E-state index in [-0.39, 0.29) is 11.4 Å². The lowest BCUT2D eigenvalue weighted by Gasteiger charge is -2.08. The Bertz CT molecular complexity index is 951. The molecule has 0 fully saturated rings. The highest BCUT2D eigenvalue weighted by Gasteiger charge is 2.14. The minimum atomic E-state index is -3.65. The molecular formula is C16H15FN2O3S. The van der Waals surface area contributed by atoms with Crippen LogP contribution in [0.1, 0.15) is 11.1 Å². The number of benzene rings is 2. The van der Waals surface area contributed by atoms with Crippen LogP contribution in [-0.4, -0.2) is 19.9 Å². The number of rotatable bonds is 5. The van der Waals surface area contributed by atoms with Gasteiger partial charge in [-0.05, 0) is 54.8 Å². The quantitative estimate of drug-likeness (QED) is 0.779. The Balaban J connectivity index is 1.67. The van der Waals surface area contributed by atoms with E-state index in [1.54, 1.807) is 6.07 Å². The number of halogens is 1.